The zero-order valence-corrected chi connectivity index (χ0v) is 8.70. The van der Waals surface area contributed by atoms with E-state index >= 15 is 0 Å². The quantitative estimate of drug-likeness (QED) is 0.740. The van der Waals surface area contributed by atoms with E-state index in [-0.39, 0.29) is 0 Å². The van der Waals surface area contributed by atoms with E-state index < -0.39 is 0 Å². The van der Waals surface area contributed by atoms with E-state index in [1.165, 1.54) is 0 Å². The molecule has 0 amide bonds. The van der Waals surface area contributed by atoms with Gasteiger partial charge in [0.15, 0.2) is 5.82 Å². The van der Waals surface area contributed by atoms with Gasteiger partial charge in [-0.25, -0.2) is 0 Å². The van der Waals surface area contributed by atoms with Crippen molar-refractivity contribution in [1.82, 2.24) is 10.2 Å². The summed E-state index contributed by atoms with van der Waals surface area (Å²) >= 11 is 3.25. The van der Waals surface area contributed by atoms with E-state index in [4.69, 9.17) is 4.74 Å². The van der Waals surface area contributed by atoms with Crippen molar-refractivity contribution in [2.45, 2.75) is 0 Å². The number of nitrogens with zero attached hydrogens (tertiary/aromatic N) is 3. The molecule has 1 saturated heterocycles. The Morgan fingerprint density at radius 1 is 1.23 bits per heavy atom. The van der Waals surface area contributed by atoms with Gasteiger partial charge in [0.2, 0.25) is 0 Å². The first-order valence-electron chi connectivity index (χ1n) is 4.18. The smallest absolute Gasteiger partial charge is 0.151 e. The molecule has 0 atom stereocenters. The Hall–Kier alpha value is -0.680. The number of ether oxygens (including phenoxy) is 1. The van der Waals surface area contributed by atoms with Gasteiger partial charge in [-0.05, 0) is 28.1 Å². The predicted octanol–water partition coefficient (Wildman–Crippen LogP) is 1.08. The maximum atomic E-state index is 5.25. The van der Waals surface area contributed by atoms with Crippen LogP contribution in [0.2, 0.25) is 0 Å². The molecule has 5 heteroatoms. The second kappa shape index (κ2) is 4.02. The van der Waals surface area contributed by atoms with E-state index in [1.54, 1.807) is 0 Å². The van der Waals surface area contributed by atoms with Crippen molar-refractivity contribution in [3.8, 4) is 0 Å². The van der Waals surface area contributed by atoms with Crippen molar-refractivity contribution in [1.29, 1.82) is 0 Å². The Morgan fingerprint density at radius 2 is 2.00 bits per heavy atom. The lowest BCUT2D eigenvalue weighted by Gasteiger charge is -2.27. The van der Waals surface area contributed by atoms with Gasteiger partial charge in [-0.2, -0.15) is 0 Å². The summed E-state index contributed by atoms with van der Waals surface area (Å²) in [5, 5.41) is 8.01. The van der Waals surface area contributed by atoms with Gasteiger partial charge in [0.25, 0.3) is 0 Å². The number of halogens is 1. The topological polar surface area (TPSA) is 38.2 Å². The Labute approximate surface area is 85.0 Å². The van der Waals surface area contributed by atoms with Crippen LogP contribution in [0.3, 0.4) is 0 Å². The van der Waals surface area contributed by atoms with E-state index in [0.717, 1.165) is 36.7 Å². The number of morpholine rings is 1. The highest BCUT2D eigenvalue weighted by molar-refractivity contribution is 9.10. The van der Waals surface area contributed by atoms with Gasteiger partial charge in [0, 0.05) is 13.1 Å². The number of hydrogen-bond donors (Lipinski definition) is 0. The maximum absolute atomic E-state index is 5.25. The van der Waals surface area contributed by atoms with Gasteiger partial charge in [-0.3, -0.25) is 0 Å². The third-order valence-corrected chi connectivity index (χ3v) is 2.38. The molecule has 0 spiro atoms. The van der Waals surface area contributed by atoms with E-state index in [9.17, 15) is 0 Å². The first-order valence-corrected chi connectivity index (χ1v) is 4.97. The minimum atomic E-state index is 0.768. The van der Waals surface area contributed by atoms with E-state index in [0.29, 0.717) is 0 Å². The molecule has 1 aromatic heterocycles. The van der Waals surface area contributed by atoms with Crippen LogP contribution >= 0.6 is 15.9 Å². The van der Waals surface area contributed by atoms with Crippen LogP contribution in [0.1, 0.15) is 0 Å². The Bertz CT molecular complexity index is 271. The second-order valence-electron chi connectivity index (χ2n) is 2.81. The summed E-state index contributed by atoms with van der Waals surface area (Å²) in [6.45, 7) is 3.35. The fourth-order valence-corrected chi connectivity index (χ4v) is 1.48. The van der Waals surface area contributed by atoms with Crippen LogP contribution in [0.25, 0.3) is 0 Å². The van der Waals surface area contributed by atoms with E-state index in [1.807, 2.05) is 12.1 Å². The van der Waals surface area contributed by atoms with Crippen LogP contribution in [0.5, 0.6) is 0 Å². The van der Waals surface area contributed by atoms with Crippen LogP contribution in [0.4, 0.5) is 5.82 Å². The minimum Gasteiger partial charge on any atom is -0.378 e. The van der Waals surface area contributed by atoms with Crippen LogP contribution in [-0.2, 0) is 4.74 Å². The summed E-state index contributed by atoms with van der Waals surface area (Å²) in [5.74, 6) is 0.923. The lowest BCUT2D eigenvalue weighted by Crippen LogP contribution is -2.36. The zero-order valence-electron chi connectivity index (χ0n) is 7.11. The molecule has 0 aromatic carbocycles. The minimum absolute atomic E-state index is 0.768. The molecule has 1 aliphatic rings. The molecule has 1 aromatic rings. The molecular weight excluding hydrogens is 234 g/mol. The molecule has 0 aliphatic carbocycles. The van der Waals surface area contributed by atoms with Crippen molar-refractivity contribution in [2.75, 3.05) is 31.2 Å². The third kappa shape index (κ3) is 2.16. The molecule has 2 heterocycles. The molecule has 13 heavy (non-hydrogen) atoms. The molecule has 70 valence electrons. The molecule has 4 nitrogen and oxygen atoms in total. The largest absolute Gasteiger partial charge is 0.378 e. The highest BCUT2D eigenvalue weighted by atomic mass is 79.9. The summed E-state index contributed by atoms with van der Waals surface area (Å²) in [4.78, 5) is 2.17. The fourth-order valence-electron chi connectivity index (χ4n) is 1.27. The number of anilines is 1. The van der Waals surface area contributed by atoms with Gasteiger partial charge in [0.05, 0.1) is 13.2 Å². The van der Waals surface area contributed by atoms with E-state index in [2.05, 4.69) is 31.0 Å². The average Bonchev–Trinajstić information content (AvgIpc) is 2.20. The Kier molecular flexibility index (Phi) is 2.75. The highest BCUT2D eigenvalue weighted by Crippen LogP contribution is 2.13. The number of aromatic nitrogens is 2. The van der Waals surface area contributed by atoms with Crippen molar-refractivity contribution in [2.24, 2.45) is 0 Å². The van der Waals surface area contributed by atoms with Crippen molar-refractivity contribution >= 4 is 21.7 Å². The predicted molar refractivity (Wildman–Crippen MR) is 52.8 cm³/mol. The van der Waals surface area contributed by atoms with Crippen molar-refractivity contribution in [3.05, 3.63) is 16.7 Å². The summed E-state index contributed by atoms with van der Waals surface area (Å²) in [6.07, 6.45) is 0. The first-order chi connectivity index (χ1) is 6.36. The average molecular weight is 244 g/mol. The standard InChI is InChI=1S/C8H10BrN3O/c9-7-1-2-8(11-10-7)12-3-5-13-6-4-12/h1-2H,3-6H2. The van der Waals surface area contributed by atoms with Crippen LogP contribution in [-0.4, -0.2) is 36.5 Å². The lowest BCUT2D eigenvalue weighted by molar-refractivity contribution is 0.122. The Morgan fingerprint density at radius 3 is 2.62 bits per heavy atom. The Balaban J connectivity index is 2.10. The normalized spacial score (nSPS) is 17.5. The van der Waals surface area contributed by atoms with Crippen LogP contribution < -0.4 is 4.90 Å². The van der Waals surface area contributed by atoms with Crippen LogP contribution in [0.15, 0.2) is 16.7 Å². The molecule has 1 aliphatic heterocycles. The molecular formula is C8H10BrN3O. The first kappa shape index (κ1) is 8.90. The molecule has 0 saturated carbocycles. The number of rotatable bonds is 1. The fraction of sp³-hybridized carbons (Fsp3) is 0.500. The zero-order chi connectivity index (χ0) is 9.10. The SMILES string of the molecule is Brc1ccc(N2CCOCC2)nn1. The van der Waals surface area contributed by atoms with Gasteiger partial charge in [-0.15, -0.1) is 10.2 Å². The van der Waals surface area contributed by atoms with Gasteiger partial charge >= 0.3 is 0 Å². The summed E-state index contributed by atoms with van der Waals surface area (Å²) in [5.41, 5.74) is 0. The third-order valence-electron chi connectivity index (χ3n) is 1.95. The number of hydrogen-bond acceptors (Lipinski definition) is 4. The second-order valence-corrected chi connectivity index (χ2v) is 3.63. The molecule has 0 bridgehead atoms. The molecule has 1 fully saturated rings. The summed E-state index contributed by atoms with van der Waals surface area (Å²) < 4.78 is 6.01. The molecule has 2 rings (SSSR count). The van der Waals surface area contributed by atoms with Crippen molar-refractivity contribution < 1.29 is 4.74 Å². The summed E-state index contributed by atoms with van der Waals surface area (Å²) in [6, 6.07) is 3.86. The molecule has 0 radical (unpaired) electrons. The lowest BCUT2D eigenvalue weighted by atomic mass is 10.4. The highest BCUT2D eigenvalue weighted by Gasteiger charge is 2.11. The molecule has 0 unspecified atom stereocenters. The maximum Gasteiger partial charge on any atom is 0.151 e. The van der Waals surface area contributed by atoms with Gasteiger partial charge in [0.1, 0.15) is 4.60 Å². The monoisotopic (exact) mass is 243 g/mol. The van der Waals surface area contributed by atoms with Crippen molar-refractivity contribution in [3.63, 3.8) is 0 Å². The molecule has 0 N–H and O–H groups in total. The van der Waals surface area contributed by atoms with Gasteiger partial charge < -0.3 is 9.64 Å². The van der Waals surface area contributed by atoms with Crippen LogP contribution in [0, 0.1) is 0 Å². The summed E-state index contributed by atoms with van der Waals surface area (Å²) in [7, 11) is 0. The van der Waals surface area contributed by atoms with Gasteiger partial charge in [-0.1, -0.05) is 0 Å².